The second-order valence-corrected chi connectivity index (χ2v) is 8.32. The number of benzene rings is 2. The van der Waals surface area contributed by atoms with E-state index in [0.29, 0.717) is 12.1 Å². The Morgan fingerprint density at radius 2 is 1.85 bits per heavy atom. The summed E-state index contributed by atoms with van der Waals surface area (Å²) < 4.78 is 26.5. The number of hydrogen-bond donors (Lipinski definition) is 1. The molecule has 0 saturated heterocycles. The second-order valence-electron chi connectivity index (χ2n) is 6.55. The normalized spacial score (nSPS) is 16.8. The SMILES string of the molecule is CCNS(=O)(=O)c1ccc(C(=O)N(C)[C@H]2CCCc3ccccc32)cc1. The number of nitrogens with zero attached hydrogens (tertiary/aromatic N) is 1. The van der Waals surface area contributed by atoms with E-state index in [2.05, 4.69) is 16.9 Å². The maximum absolute atomic E-state index is 12.9. The van der Waals surface area contributed by atoms with Crippen LogP contribution < -0.4 is 4.72 Å². The molecule has 1 amide bonds. The Bertz CT molecular complexity index is 892. The minimum Gasteiger partial charge on any atom is -0.335 e. The number of amides is 1. The van der Waals surface area contributed by atoms with Gasteiger partial charge in [-0.2, -0.15) is 0 Å². The molecule has 0 bridgehead atoms. The molecule has 1 aliphatic carbocycles. The van der Waals surface area contributed by atoms with Crippen molar-refractivity contribution in [2.45, 2.75) is 37.1 Å². The van der Waals surface area contributed by atoms with Crippen molar-refractivity contribution in [3.63, 3.8) is 0 Å². The third-order valence-corrected chi connectivity index (χ3v) is 6.43. The minimum absolute atomic E-state index is 0.0533. The zero-order chi connectivity index (χ0) is 18.7. The molecule has 2 aromatic rings. The Labute approximate surface area is 155 Å². The Hall–Kier alpha value is -2.18. The number of rotatable bonds is 5. The fourth-order valence-corrected chi connectivity index (χ4v) is 4.57. The van der Waals surface area contributed by atoms with Gasteiger partial charge in [0.25, 0.3) is 5.91 Å². The summed E-state index contributed by atoms with van der Waals surface area (Å²) in [6.07, 6.45) is 3.04. The summed E-state index contributed by atoms with van der Waals surface area (Å²) in [6.45, 7) is 2.05. The first-order valence-corrected chi connectivity index (χ1v) is 10.4. The average Bonchev–Trinajstić information content (AvgIpc) is 2.66. The van der Waals surface area contributed by atoms with Gasteiger partial charge in [0.1, 0.15) is 0 Å². The van der Waals surface area contributed by atoms with Gasteiger partial charge >= 0.3 is 0 Å². The molecule has 0 aliphatic heterocycles. The van der Waals surface area contributed by atoms with E-state index in [1.807, 2.05) is 19.2 Å². The van der Waals surface area contributed by atoms with Crippen molar-refractivity contribution < 1.29 is 13.2 Å². The van der Waals surface area contributed by atoms with Crippen molar-refractivity contribution in [2.24, 2.45) is 0 Å². The van der Waals surface area contributed by atoms with Crippen LogP contribution in [-0.2, 0) is 16.4 Å². The van der Waals surface area contributed by atoms with Crippen LogP contribution in [0.1, 0.15) is 47.3 Å². The van der Waals surface area contributed by atoms with Gasteiger partial charge in [0.2, 0.25) is 10.0 Å². The van der Waals surface area contributed by atoms with Gasteiger partial charge in [-0.1, -0.05) is 31.2 Å². The van der Waals surface area contributed by atoms with Crippen LogP contribution in [-0.4, -0.2) is 32.8 Å². The van der Waals surface area contributed by atoms with E-state index >= 15 is 0 Å². The van der Waals surface area contributed by atoms with Crippen molar-refractivity contribution in [2.75, 3.05) is 13.6 Å². The van der Waals surface area contributed by atoms with Crippen LogP contribution in [0.4, 0.5) is 0 Å². The lowest BCUT2D eigenvalue weighted by Crippen LogP contribution is -2.33. The molecule has 1 N–H and O–H groups in total. The Balaban J connectivity index is 1.82. The fraction of sp³-hybridized carbons (Fsp3) is 0.350. The maximum atomic E-state index is 12.9. The molecule has 5 nitrogen and oxygen atoms in total. The molecular formula is C20H24N2O3S. The van der Waals surface area contributed by atoms with E-state index in [-0.39, 0.29) is 16.8 Å². The number of carbonyl (C=O) groups excluding carboxylic acids is 1. The van der Waals surface area contributed by atoms with Crippen molar-refractivity contribution in [1.29, 1.82) is 0 Å². The molecule has 0 spiro atoms. The lowest BCUT2D eigenvalue weighted by molar-refractivity contribution is 0.0715. The summed E-state index contributed by atoms with van der Waals surface area (Å²) >= 11 is 0. The summed E-state index contributed by atoms with van der Waals surface area (Å²) in [5.41, 5.74) is 3.00. The Kier molecular flexibility index (Phi) is 5.44. The topological polar surface area (TPSA) is 66.5 Å². The van der Waals surface area contributed by atoms with E-state index in [1.165, 1.54) is 23.3 Å². The third kappa shape index (κ3) is 3.66. The fourth-order valence-electron chi connectivity index (χ4n) is 3.53. The average molecular weight is 372 g/mol. The number of hydrogen-bond acceptors (Lipinski definition) is 3. The molecule has 0 saturated carbocycles. The van der Waals surface area contributed by atoms with Crippen molar-refractivity contribution in [1.82, 2.24) is 9.62 Å². The van der Waals surface area contributed by atoms with E-state index < -0.39 is 10.0 Å². The second kappa shape index (κ2) is 7.60. The van der Waals surface area contributed by atoms with Crippen molar-refractivity contribution in [3.05, 3.63) is 65.2 Å². The van der Waals surface area contributed by atoms with Crippen LogP contribution in [0.2, 0.25) is 0 Å². The first-order valence-electron chi connectivity index (χ1n) is 8.88. The molecule has 1 aliphatic rings. The maximum Gasteiger partial charge on any atom is 0.254 e. The number of fused-ring (bicyclic) bond motifs is 1. The molecule has 6 heteroatoms. The molecule has 138 valence electrons. The highest BCUT2D eigenvalue weighted by Crippen LogP contribution is 2.34. The molecule has 0 aromatic heterocycles. The Morgan fingerprint density at radius 3 is 2.54 bits per heavy atom. The van der Waals surface area contributed by atoms with Gasteiger partial charge < -0.3 is 4.90 Å². The third-order valence-electron chi connectivity index (χ3n) is 4.87. The number of nitrogens with one attached hydrogen (secondary N) is 1. The van der Waals surface area contributed by atoms with E-state index in [0.717, 1.165) is 19.3 Å². The largest absolute Gasteiger partial charge is 0.335 e. The smallest absolute Gasteiger partial charge is 0.254 e. The quantitative estimate of drug-likeness (QED) is 0.877. The standard InChI is InChI=1S/C20H24N2O3S/c1-3-21-26(24,25)17-13-11-16(12-14-17)20(23)22(2)19-10-6-8-15-7-4-5-9-18(15)19/h4-5,7,9,11-14,19,21H,3,6,8,10H2,1-2H3/t19-/m0/s1. The van der Waals surface area contributed by atoms with Crippen LogP contribution in [0.3, 0.4) is 0 Å². The summed E-state index contributed by atoms with van der Waals surface area (Å²) in [6, 6.07) is 14.4. The molecule has 2 aromatic carbocycles. The van der Waals surface area contributed by atoms with Crippen LogP contribution in [0.25, 0.3) is 0 Å². The Morgan fingerprint density at radius 1 is 1.15 bits per heavy atom. The van der Waals surface area contributed by atoms with Gasteiger partial charge in [0.15, 0.2) is 0 Å². The molecule has 0 radical (unpaired) electrons. The summed E-state index contributed by atoms with van der Waals surface area (Å²) in [5.74, 6) is -0.0981. The van der Waals surface area contributed by atoms with Gasteiger partial charge in [-0.3, -0.25) is 4.79 Å². The van der Waals surface area contributed by atoms with Gasteiger partial charge in [-0.15, -0.1) is 0 Å². The van der Waals surface area contributed by atoms with Crippen molar-refractivity contribution >= 4 is 15.9 Å². The van der Waals surface area contributed by atoms with Crippen LogP contribution in [0, 0.1) is 0 Å². The van der Waals surface area contributed by atoms with E-state index in [9.17, 15) is 13.2 Å². The number of aryl methyl sites for hydroxylation is 1. The highest BCUT2D eigenvalue weighted by atomic mass is 32.2. The van der Waals surface area contributed by atoms with Crippen molar-refractivity contribution in [3.8, 4) is 0 Å². The first kappa shape index (κ1) is 18.6. The van der Waals surface area contributed by atoms with Gasteiger partial charge in [-0.05, 0) is 54.7 Å². The number of carbonyl (C=O) groups is 1. The summed E-state index contributed by atoms with van der Waals surface area (Å²) in [4.78, 5) is 14.8. The lowest BCUT2D eigenvalue weighted by Gasteiger charge is -2.33. The van der Waals surface area contributed by atoms with E-state index in [1.54, 1.807) is 24.0 Å². The summed E-state index contributed by atoms with van der Waals surface area (Å²) in [7, 11) is -1.69. The summed E-state index contributed by atoms with van der Waals surface area (Å²) in [5, 5.41) is 0. The molecule has 0 heterocycles. The minimum atomic E-state index is -3.51. The molecule has 3 rings (SSSR count). The predicted molar refractivity (Wildman–Crippen MR) is 102 cm³/mol. The highest BCUT2D eigenvalue weighted by Gasteiger charge is 2.27. The van der Waals surface area contributed by atoms with Crippen LogP contribution in [0.5, 0.6) is 0 Å². The molecule has 0 fully saturated rings. The molecule has 26 heavy (non-hydrogen) atoms. The molecule has 0 unspecified atom stereocenters. The predicted octanol–water partition coefficient (Wildman–Crippen LogP) is 3.13. The lowest BCUT2D eigenvalue weighted by atomic mass is 9.87. The highest BCUT2D eigenvalue weighted by molar-refractivity contribution is 7.89. The first-order chi connectivity index (χ1) is 12.4. The van der Waals surface area contributed by atoms with Gasteiger partial charge in [0, 0.05) is 19.2 Å². The van der Waals surface area contributed by atoms with Crippen LogP contribution >= 0.6 is 0 Å². The van der Waals surface area contributed by atoms with Gasteiger partial charge in [0.05, 0.1) is 10.9 Å². The van der Waals surface area contributed by atoms with Crippen LogP contribution in [0.15, 0.2) is 53.4 Å². The zero-order valence-corrected chi connectivity index (χ0v) is 15.9. The molecular weight excluding hydrogens is 348 g/mol. The van der Waals surface area contributed by atoms with E-state index in [4.69, 9.17) is 0 Å². The zero-order valence-electron chi connectivity index (χ0n) is 15.1. The number of sulfonamides is 1. The molecule has 1 atom stereocenters. The van der Waals surface area contributed by atoms with Gasteiger partial charge in [-0.25, -0.2) is 13.1 Å². The monoisotopic (exact) mass is 372 g/mol.